The Morgan fingerprint density at radius 3 is 2.62 bits per heavy atom. The highest BCUT2D eigenvalue weighted by atomic mass is 16.6. The van der Waals surface area contributed by atoms with Crippen molar-refractivity contribution in [1.29, 1.82) is 0 Å². The van der Waals surface area contributed by atoms with Gasteiger partial charge in [-0.25, -0.2) is 4.79 Å². The molecule has 1 saturated heterocycles. The van der Waals surface area contributed by atoms with E-state index in [-0.39, 0.29) is 12.2 Å². The number of non-ortho nitro benzene ring substituents is 1. The van der Waals surface area contributed by atoms with Crippen LogP contribution >= 0.6 is 0 Å². The summed E-state index contributed by atoms with van der Waals surface area (Å²) in [6, 6.07) is 14.3. The van der Waals surface area contributed by atoms with E-state index in [0.29, 0.717) is 11.3 Å². The number of carbonyl (C=O) groups excluding carboxylic acids is 2. The average molecular weight is 392 g/mol. The second-order valence-electron chi connectivity index (χ2n) is 6.71. The summed E-state index contributed by atoms with van der Waals surface area (Å²) >= 11 is 0. The number of hydrogen-bond donors (Lipinski definition) is 1. The van der Waals surface area contributed by atoms with E-state index in [2.05, 4.69) is 15.5 Å². The molecule has 4 rings (SSSR count). The third kappa shape index (κ3) is 3.20. The summed E-state index contributed by atoms with van der Waals surface area (Å²) < 4.78 is 0. The molecule has 29 heavy (non-hydrogen) atoms. The van der Waals surface area contributed by atoms with Gasteiger partial charge < -0.3 is 5.32 Å². The fourth-order valence-electron chi connectivity index (χ4n) is 3.18. The maximum Gasteiger partial charge on any atom is 0.325 e. The molecule has 0 saturated carbocycles. The number of nitro benzene ring substituents is 1. The predicted octanol–water partition coefficient (Wildman–Crippen LogP) is 2.14. The van der Waals surface area contributed by atoms with Crippen molar-refractivity contribution >= 4 is 17.6 Å². The van der Waals surface area contributed by atoms with E-state index in [1.54, 1.807) is 6.07 Å². The van der Waals surface area contributed by atoms with Gasteiger partial charge in [-0.1, -0.05) is 30.3 Å². The van der Waals surface area contributed by atoms with Gasteiger partial charge in [0.25, 0.3) is 11.6 Å². The molecule has 1 fully saturated rings. The number of amides is 3. The monoisotopic (exact) mass is 392 g/mol. The van der Waals surface area contributed by atoms with Gasteiger partial charge in [-0.05, 0) is 24.6 Å². The highest BCUT2D eigenvalue weighted by Crippen LogP contribution is 2.31. The number of carbonyl (C=O) groups is 2. The quantitative estimate of drug-likeness (QED) is 0.403. The number of para-hydroxylation sites is 1. The smallest absolute Gasteiger partial charge is 0.319 e. The predicted molar refractivity (Wildman–Crippen MR) is 101 cm³/mol. The number of urea groups is 1. The van der Waals surface area contributed by atoms with Crippen LogP contribution in [0, 0.1) is 10.1 Å². The second kappa shape index (κ2) is 6.82. The molecule has 0 bridgehead atoms. The number of hydrogen-bond acceptors (Lipinski definition) is 6. The van der Waals surface area contributed by atoms with Crippen LogP contribution < -0.4 is 5.32 Å². The van der Waals surface area contributed by atoms with Gasteiger partial charge in [0.15, 0.2) is 0 Å². The minimum atomic E-state index is -1.40. The first-order valence-corrected chi connectivity index (χ1v) is 8.74. The molecule has 10 heteroatoms. The van der Waals surface area contributed by atoms with Gasteiger partial charge in [0.05, 0.1) is 23.4 Å². The summed E-state index contributed by atoms with van der Waals surface area (Å²) in [6.45, 7) is 1.45. The first kappa shape index (κ1) is 18.3. The van der Waals surface area contributed by atoms with Crippen LogP contribution in [0.4, 0.5) is 10.5 Å². The van der Waals surface area contributed by atoms with Crippen LogP contribution in [0.1, 0.15) is 18.2 Å². The third-order valence-electron chi connectivity index (χ3n) is 4.76. The van der Waals surface area contributed by atoms with Gasteiger partial charge in [-0.2, -0.15) is 15.0 Å². The average Bonchev–Trinajstić information content (AvgIpc) is 3.28. The third-order valence-corrected chi connectivity index (χ3v) is 4.76. The van der Waals surface area contributed by atoms with Crippen LogP contribution in [-0.4, -0.2) is 36.8 Å². The first-order valence-electron chi connectivity index (χ1n) is 8.74. The van der Waals surface area contributed by atoms with Crippen molar-refractivity contribution in [3.05, 3.63) is 82.2 Å². The number of rotatable bonds is 5. The number of nitrogens with zero attached hydrogens (tertiary/aromatic N) is 5. The van der Waals surface area contributed by atoms with E-state index in [1.165, 1.54) is 36.1 Å². The van der Waals surface area contributed by atoms with Gasteiger partial charge in [-0.15, -0.1) is 0 Å². The maximum atomic E-state index is 13.0. The zero-order valence-corrected chi connectivity index (χ0v) is 15.3. The van der Waals surface area contributed by atoms with Gasteiger partial charge in [-0.3, -0.25) is 19.8 Å². The fraction of sp³-hybridized carbons (Fsp3) is 0.158. The molecule has 0 spiro atoms. The largest absolute Gasteiger partial charge is 0.325 e. The minimum absolute atomic E-state index is 0.0674. The van der Waals surface area contributed by atoms with Crippen LogP contribution in [0.3, 0.4) is 0 Å². The summed E-state index contributed by atoms with van der Waals surface area (Å²) in [4.78, 5) is 38.4. The zero-order chi connectivity index (χ0) is 20.6. The van der Waals surface area contributed by atoms with Crippen LogP contribution in [0.25, 0.3) is 5.69 Å². The van der Waals surface area contributed by atoms with Crippen LogP contribution in [0.5, 0.6) is 0 Å². The normalized spacial score (nSPS) is 18.7. The number of imide groups is 1. The molecule has 1 aliphatic rings. The lowest BCUT2D eigenvalue weighted by Crippen LogP contribution is -2.40. The van der Waals surface area contributed by atoms with Gasteiger partial charge in [0.1, 0.15) is 11.2 Å². The van der Waals surface area contributed by atoms with E-state index in [1.807, 2.05) is 30.3 Å². The van der Waals surface area contributed by atoms with Crippen molar-refractivity contribution in [1.82, 2.24) is 25.2 Å². The number of aromatic nitrogens is 3. The molecule has 1 N–H and O–H groups in total. The Kier molecular flexibility index (Phi) is 4.30. The molecule has 10 nitrogen and oxygen atoms in total. The standard InChI is InChI=1S/C19H16N6O4/c1-19(13-6-5-9-16(10-13)25(28)29)17(26)23(18(27)21-19)12-14-11-20-24(22-14)15-7-3-2-4-8-15/h2-11H,12H2,1H3,(H,21,27)/t19-/m0/s1. The fourth-order valence-corrected chi connectivity index (χ4v) is 3.18. The number of nitro groups is 1. The van der Waals surface area contributed by atoms with Crippen LogP contribution in [0.2, 0.25) is 0 Å². The molecule has 1 aliphatic heterocycles. The lowest BCUT2D eigenvalue weighted by molar-refractivity contribution is -0.385. The SMILES string of the molecule is C[C@@]1(c2cccc([N+](=O)[O-])c2)NC(=O)N(Cc2cnn(-c3ccccc3)n2)C1=O. The number of nitrogens with one attached hydrogen (secondary N) is 1. The highest BCUT2D eigenvalue weighted by Gasteiger charge is 2.49. The van der Waals surface area contributed by atoms with Gasteiger partial charge in [0.2, 0.25) is 0 Å². The highest BCUT2D eigenvalue weighted by molar-refractivity contribution is 6.07. The Morgan fingerprint density at radius 2 is 1.90 bits per heavy atom. The molecule has 0 aliphatic carbocycles. The van der Waals surface area contributed by atoms with Crippen molar-refractivity contribution in [2.75, 3.05) is 0 Å². The summed E-state index contributed by atoms with van der Waals surface area (Å²) in [5.74, 6) is -0.516. The first-order chi connectivity index (χ1) is 13.9. The lowest BCUT2D eigenvalue weighted by Gasteiger charge is -2.21. The van der Waals surface area contributed by atoms with Gasteiger partial charge in [0, 0.05) is 12.1 Å². The minimum Gasteiger partial charge on any atom is -0.319 e. The molecule has 146 valence electrons. The molecule has 1 aromatic heterocycles. The second-order valence-corrected chi connectivity index (χ2v) is 6.71. The lowest BCUT2D eigenvalue weighted by atomic mass is 9.91. The Labute approximate surface area is 164 Å². The van der Waals surface area contributed by atoms with Crippen molar-refractivity contribution in [3.8, 4) is 5.69 Å². The number of benzene rings is 2. The van der Waals surface area contributed by atoms with E-state index in [9.17, 15) is 19.7 Å². The molecule has 1 atom stereocenters. The molecule has 0 unspecified atom stereocenters. The Morgan fingerprint density at radius 1 is 1.14 bits per heavy atom. The molecule has 0 radical (unpaired) electrons. The van der Waals surface area contributed by atoms with Crippen molar-refractivity contribution in [3.63, 3.8) is 0 Å². The summed E-state index contributed by atoms with van der Waals surface area (Å²) in [5, 5.41) is 22.2. The summed E-state index contributed by atoms with van der Waals surface area (Å²) in [7, 11) is 0. The van der Waals surface area contributed by atoms with Crippen molar-refractivity contribution in [2.45, 2.75) is 19.0 Å². The topological polar surface area (TPSA) is 123 Å². The van der Waals surface area contributed by atoms with E-state index in [4.69, 9.17) is 0 Å². The van der Waals surface area contributed by atoms with E-state index < -0.39 is 22.4 Å². The molecular weight excluding hydrogens is 376 g/mol. The zero-order valence-electron chi connectivity index (χ0n) is 15.3. The van der Waals surface area contributed by atoms with Crippen molar-refractivity contribution in [2.24, 2.45) is 0 Å². The molecule has 2 aromatic carbocycles. The summed E-state index contributed by atoms with van der Waals surface area (Å²) in [5.41, 5.74) is -0.0491. The Hall–Kier alpha value is -4.08. The molecular formula is C19H16N6O4. The molecule has 3 aromatic rings. The Balaban J connectivity index is 1.58. The van der Waals surface area contributed by atoms with Crippen LogP contribution in [0.15, 0.2) is 60.8 Å². The summed E-state index contributed by atoms with van der Waals surface area (Å²) in [6.07, 6.45) is 1.48. The maximum absolute atomic E-state index is 13.0. The van der Waals surface area contributed by atoms with Gasteiger partial charge >= 0.3 is 6.03 Å². The van der Waals surface area contributed by atoms with E-state index >= 15 is 0 Å². The molecule has 3 amide bonds. The Bertz CT molecular complexity index is 1110. The van der Waals surface area contributed by atoms with Crippen molar-refractivity contribution < 1.29 is 14.5 Å². The molecule has 2 heterocycles. The van der Waals surface area contributed by atoms with E-state index in [0.717, 1.165) is 10.6 Å². The van der Waals surface area contributed by atoms with Crippen LogP contribution in [-0.2, 0) is 16.9 Å².